The van der Waals surface area contributed by atoms with Gasteiger partial charge in [0.15, 0.2) is 6.73 Å². The lowest BCUT2D eigenvalue weighted by molar-refractivity contribution is 0.0944. The third-order valence-corrected chi connectivity index (χ3v) is 3.96. The Bertz CT molecular complexity index is 909. The largest absolute Gasteiger partial charge is 0.471 e. The third-order valence-electron chi connectivity index (χ3n) is 3.73. The molecule has 2 aromatic carbocycles. The van der Waals surface area contributed by atoms with E-state index < -0.39 is 0 Å². The zero-order valence-corrected chi connectivity index (χ0v) is 14.8. The lowest BCUT2D eigenvalue weighted by Gasteiger charge is -2.09. The summed E-state index contributed by atoms with van der Waals surface area (Å²) in [5.74, 6) is 0.0812. The Kier molecular flexibility index (Phi) is 5.53. The second kappa shape index (κ2) is 8.01. The molecule has 0 unspecified atom stereocenters. The molecule has 0 bridgehead atoms. The molecule has 26 heavy (non-hydrogen) atoms. The highest BCUT2D eigenvalue weighted by atomic mass is 35.5. The lowest BCUT2D eigenvalue weighted by atomic mass is 10.2. The topological polar surface area (TPSA) is 56.1 Å². The molecule has 1 aromatic heterocycles. The average Bonchev–Trinajstić information content (AvgIpc) is 3.09. The molecular formula is C19H17ClFN3O2. The molecule has 0 atom stereocenters. The molecule has 0 aliphatic carbocycles. The summed E-state index contributed by atoms with van der Waals surface area (Å²) in [5, 5.41) is 7.58. The van der Waals surface area contributed by atoms with Crippen molar-refractivity contribution < 1.29 is 13.9 Å². The quantitative estimate of drug-likeness (QED) is 0.711. The minimum absolute atomic E-state index is 0.174. The molecule has 5 nitrogen and oxygen atoms in total. The minimum atomic E-state index is -0.310. The van der Waals surface area contributed by atoms with Gasteiger partial charge in [0.25, 0.3) is 5.91 Å². The number of rotatable bonds is 6. The fourth-order valence-electron chi connectivity index (χ4n) is 2.34. The Morgan fingerprint density at radius 2 is 2.00 bits per heavy atom. The molecule has 134 valence electrons. The second-order valence-electron chi connectivity index (χ2n) is 5.73. The SMILES string of the molecule is Cc1cc(Cl)ccc1OCn1ccc(C(=O)NCc2ccc(F)cc2)n1. The summed E-state index contributed by atoms with van der Waals surface area (Å²) in [6.07, 6.45) is 1.66. The fourth-order valence-corrected chi connectivity index (χ4v) is 2.57. The first-order valence-corrected chi connectivity index (χ1v) is 8.34. The van der Waals surface area contributed by atoms with Gasteiger partial charge in [-0.2, -0.15) is 5.10 Å². The van der Waals surface area contributed by atoms with Gasteiger partial charge in [0.1, 0.15) is 17.3 Å². The molecule has 0 saturated carbocycles. The van der Waals surface area contributed by atoms with Crippen LogP contribution < -0.4 is 10.1 Å². The predicted molar refractivity (Wildman–Crippen MR) is 96.6 cm³/mol. The van der Waals surface area contributed by atoms with Crippen LogP contribution in [0.15, 0.2) is 54.7 Å². The molecule has 7 heteroatoms. The number of carbonyl (C=O) groups is 1. The summed E-state index contributed by atoms with van der Waals surface area (Å²) >= 11 is 5.92. The Morgan fingerprint density at radius 1 is 1.23 bits per heavy atom. The van der Waals surface area contributed by atoms with Crippen molar-refractivity contribution >= 4 is 17.5 Å². The first kappa shape index (κ1) is 17.9. The summed E-state index contributed by atoms with van der Waals surface area (Å²) in [5.41, 5.74) is 2.01. The van der Waals surface area contributed by atoms with E-state index in [1.54, 1.807) is 36.5 Å². The second-order valence-corrected chi connectivity index (χ2v) is 6.17. The zero-order chi connectivity index (χ0) is 18.5. The van der Waals surface area contributed by atoms with Gasteiger partial charge in [-0.15, -0.1) is 0 Å². The molecule has 1 heterocycles. The number of halogens is 2. The van der Waals surface area contributed by atoms with Crippen molar-refractivity contribution in [3.8, 4) is 5.75 Å². The number of nitrogens with zero attached hydrogens (tertiary/aromatic N) is 2. The van der Waals surface area contributed by atoms with Gasteiger partial charge < -0.3 is 10.1 Å². The van der Waals surface area contributed by atoms with Crippen molar-refractivity contribution in [2.45, 2.75) is 20.2 Å². The number of ether oxygens (including phenoxy) is 1. The maximum absolute atomic E-state index is 12.9. The number of benzene rings is 2. The van der Waals surface area contributed by atoms with Crippen molar-refractivity contribution in [3.63, 3.8) is 0 Å². The van der Waals surface area contributed by atoms with Gasteiger partial charge in [-0.05, 0) is 54.4 Å². The number of hydrogen-bond acceptors (Lipinski definition) is 3. The maximum Gasteiger partial charge on any atom is 0.272 e. The van der Waals surface area contributed by atoms with Crippen LogP contribution in [-0.4, -0.2) is 15.7 Å². The van der Waals surface area contributed by atoms with Crippen LogP contribution >= 0.6 is 11.6 Å². The Morgan fingerprint density at radius 3 is 2.73 bits per heavy atom. The number of aryl methyl sites for hydroxylation is 1. The zero-order valence-electron chi connectivity index (χ0n) is 14.1. The molecule has 1 amide bonds. The summed E-state index contributed by atoms with van der Waals surface area (Å²) in [4.78, 5) is 12.1. The van der Waals surface area contributed by atoms with Crippen LogP contribution in [0.3, 0.4) is 0 Å². The molecule has 3 rings (SSSR count). The van der Waals surface area contributed by atoms with E-state index in [0.29, 0.717) is 17.3 Å². The molecule has 0 aliphatic rings. The lowest BCUT2D eigenvalue weighted by Crippen LogP contribution is -2.23. The van der Waals surface area contributed by atoms with Crippen LogP contribution in [0.5, 0.6) is 5.75 Å². The van der Waals surface area contributed by atoms with Crippen molar-refractivity contribution in [2.24, 2.45) is 0 Å². The van der Waals surface area contributed by atoms with Gasteiger partial charge in [0, 0.05) is 17.8 Å². The van der Waals surface area contributed by atoms with Gasteiger partial charge in [-0.1, -0.05) is 23.7 Å². The van der Waals surface area contributed by atoms with Gasteiger partial charge >= 0.3 is 0 Å². The summed E-state index contributed by atoms with van der Waals surface area (Å²) in [6.45, 7) is 2.37. The molecule has 0 spiro atoms. The standard InChI is InChI=1S/C19H17ClFN3O2/c1-13-10-15(20)4-7-18(13)26-12-24-9-8-17(23-24)19(25)22-11-14-2-5-16(21)6-3-14/h2-10H,11-12H2,1H3,(H,22,25). The molecule has 1 N–H and O–H groups in total. The van der Waals surface area contributed by atoms with Crippen LogP contribution in [0.4, 0.5) is 4.39 Å². The Balaban J connectivity index is 1.55. The van der Waals surface area contributed by atoms with Crippen LogP contribution in [0, 0.1) is 12.7 Å². The number of carbonyl (C=O) groups excluding carboxylic acids is 1. The molecule has 0 aliphatic heterocycles. The highest BCUT2D eigenvalue weighted by molar-refractivity contribution is 6.30. The van der Waals surface area contributed by atoms with E-state index in [-0.39, 0.29) is 24.1 Å². The summed E-state index contributed by atoms with van der Waals surface area (Å²) < 4.78 is 20.1. The molecular weight excluding hydrogens is 357 g/mol. The van der Waals surface area contributed by atoms with E-state index in [4.69, 9.17) is 16.3 Å². The Labute approximate surface area is 155 Å². The van der Waals surface area contributed by atoms with Gasteiger partial charge in [-0.25, -0.2) is 9.07 Å². The van der Waals surface area contributed by atoms with E-state index in [1.165, 1.54) is 16.8 Å². The molecule has 0 saturated heterocycles. The van der Waals surface area contributed by atoms with Gasteiger partial charge in [-0.3, -0.25) is 4.79 Å². The molecule has 0 fully saturated rings. The number of nitrogens with one attached hydrogen (secondary N) is 1. The number of hydrogen-bond donors (Lipinski definition) is 1. The van der Waals surface area contributed by atoms with Crippen molar-refractivity contribution in [3.05, 3.63) is 82.4 Å². The highest BCUT2D eigenvalue weighted by Gasteiger charge is 2.10. The fraction of sp³-hybridized carbons (Fsp3) is 0.158. The first-order chi connectivity index (χ1) is 12.5. The normalized spacial score (nSPS) is 10.6. The summed E-state index contributed by atoms with van der Waals surface area (Å²) in [7, 11) is 0. The summed E-state index contributed by atoms with van der Waals surface area (Å²) in [6, 6.07) is 12.9. The number of aromatic nitrogens is 2. The highest BCUT2D eigenvalue weighted by Crippen LogP contribution is 2.22. The third kappa shape index (κ3) is 4.61. The predicted octanol–water partition coefficient (Wildman–Crippen LogP) is 3.95. The monoisotopic (exact) mass is 373 g/mol. The van der Waals surface area contributed by atoms with Gasteiger partial charge in [0.05, 0.1) is 0 Å². The smallest absolute Gasteiger partial charge is 0.272 e. The van der Waals surface area contributed by atoms with Crippen molar-refractivity contribution in [1.82, 2.24) is 15.1 Å². The average molecular weight is 374 g/mol. The van der Waals surface area contributed by atoms with E-state index in [1.807, 2.05) is 13.0 Å². The van der Waals surface area contributed by atoms with Gasteiger partial charge in [0.2, 0.25) is 0 Å². The van der Waals surface area contributed by atoms with Crippen molar-refractivity contribution in [1.29, 1.82) is 0 Å². The first-order valence-electron chi connectivity index (χ1n) is 7.96. The van der Waals surface area contributed by atoms with Crippen LogP contribution in [0.2, 0.25) is 5.02 Å². The minimum Gasteiger partial charge on any atom is -0.471 e. The molecule has 0 radical (unpaired) electrons. The Hall–Kier alpha value is -2.86. The van der Waals surface area contributed by atoms with E-state index >= 15 is 0 Å². The van der Waals surface area contributed by atoms with E-state index in [0.717, 1.165) is 11.1 Å². The maximum atomic E-state index is 12.9. The van der Waals surface area contributed by atoms with Crippen LogP contribution in [0.25, 0.3) is 0 Å². The molecule has 3 aromatic rings. The van der Waals surface area contributed by atoms with E-state index in [2.05, 4.69) is 10.4 Å². The van der Waals surface area contributed by atoms with Crippen LogP contribution in [0.1, 0.15) is 21.6 Å². The van der Waals surface area contributed by atoms with Crippen molar-refractivity contribution in [2.75, 3.05) is 0 Å². The number of amides is 1. The van der Waals surface area contributed by atoms with E-state index in [9.17, 15) is 9.18 Å². The van der Waals surface area contributed by atoms with Crippen LogP contribution in [-0.2, 0) is 13.3 Å².